The third-order valence-corrected chi connectivity index (χ3v) is 4.36. The lowest BCUT2D eigenvalue weighted by atomic mass is 9.96. The molecule has 0 atom stereocenters. The molecule has 0 aliphatic heterocycles. The summed E-state index contributed by atoms with van der Waals surface area (Å²) in [7, 11) is 0. The number of carbonyl (C=O) groups is 1. The van der Waals surface area contributed by atoms with Crippen molar-refractivity contribution in [3.63, 3.8) is 0 Å². The second-order valence-electron chi connectivity index (χ2n) is 6.65. The monoisotopic (exact) mass is 303 g/mol. The van der Waals surface area contributed by atoms with Gasteiger partial charge in [-0.25, -0.2) is 0 Å². The van der Waals surface area contributed by atoms with Gasteiger partial charge in [-0.3, -0.25) is 4.79 Å². The van der Waals surface area contributed by atoms with Crippen LogP contribution in [0.4, 0.5) is 0 Å². The van der Waals surface area contributed by atoms with E-state index in [2.05, 4.69) is 26.1 Å². The average molecular weight is 304 g/mol. The maximum Gasteiger partial charge on any atom is 0.220 e. The van der Waals surface area contributed by atoms with Crippen LogP contribution in [0.3, 0.4) is 0 Å². The quantitative estimate of drug-likeness (QED) is 0.363. The Morgan fingerprint density at radius 2 is 1.45 bits per heavy atom. The first-order valence-corrected chi connectivity index (χ1v) is 8.88. The van der Waals surface area contributed by atoms with Gasteiger partial charge in [-0.2, -0.15) is 0 Å². The Hall–Kier alpha value is -0.240. The normalized spacial score (nSPS) is 11.6. The first kappa shape index (κ1) is 19.8. The predicted octanol–water partition coefficient (Wildman–Crippen LogP) is 5.29. The van der Waals surface area contributed by atoms with Gasteiger partial charge in [0.2, 0.25) is 5.91 Å². The van der Waals surface area contributed by atoms with Crippen LogP contribution in [0.5, 0.6) is 0 Å². The number of halogens is 1. The maximum absolute atomic E-state index is 11.7. The first-order chi connectivity index (χ1) is 9.52. The van der Waals surface area contributed by atoms with Crippen molar-refractivity contribution in [1.29, 1.82) is 0 Å². The summed E-state index contributed by atoms with van der Waals surface area (Å²) in [5, 5.41) is 2.98. The van der Waals surface area contributed by atoms with Crippen LogP contribution in [0.1, 0.15) is 85.0 Å². The molecule has 120 valence electrons. The Labute approximate surface area is 131 Å². The Morgan fingerprint density at radius 3 is 1.95 bits per heavy atom. The zero-order valence-corrected chi connectivity index (χ0v) is 14.5. The number of hydrogen-bond acceptors (Lipinski definition) is 1. The van der Waals surface area contributed by atoms with Crippen LogP contribution in [-0.4, -0.2) is 18.3 Å². The van der Waals surface area contributed by atoms with E-state index in [1.807, 2.05) is 0 Å². The first-order valence-electron chi connectivity index (χ1n) is 8.34. The van der Waals surface area contributed by atoms with Crippen LogP contribution < -0.4 is 5.32 Å². The summed E-state index contributed by atoms with van der Waals surface area (Å²) in [5.41, 5.74) is -0.00426. The van der Waals surface area contributed by atoms with Gasteiger partial charge in [0.25, 0.3) is 0 Å². The second-order valence-corrected chi connectivity index (χ2v) is 6.92. The summed E-state index contributed by atoms with van der Waals surface area (Å²) in [6.45, 7) is 7.06. The fourth-order valence-corrected chi connectivity index (χ4v) is 2.16. The molecule has 0 aromatic carbocycles. The Bertz CT molecular complexity index is 241. The molecule has 0 heterocycles. The van der Waals surface area contributed by atoms with Crippen LogP contribution in [0.2, 0.25) is 0 Å². The number of nitrogens with one attached hydrogen (secondary N) is 1. The molecule has 0 fully saturated rings. The van der Waals surface area contributed by atoms with E-state index in [1.54, 1.807) is 0 Å². The van der Waals surface area contributed by atoms with Crippen LogP contribution in [0, 0.1) is 5.41 Å². The molecule has 0 saturated carbocycles. The Kier molecular flexibility index (Phi) is 12.3. The SMILES string of the molecule is CCCCCCCCCCCC(=O)NCC(C)(C)CCl. The summed E-state index contributed by atoms with van der Waals surface area (Å²) >= 11 is 5.83. The molecule has 0 aromatic heterocycles. The second kappa shape index (κ2) is 12.5. The van der Waals surface area contributed by atoms with Crippen molar-refractivity contribution < 1.29 is 4.79 Å². The number of amides is 1. The molecule has 0 saturated heterocycles. The van der Waals surface area contributed by atoms with E-state index in [1.165, 1.54) is 51.4 Å². The van der Waals surface area contributed by atoms with Gasteiger partial charge in [-0.05, 0) is 11.8 Å². The molecule has 0 aliphatic carbocycles. The highest BCUT2D eigenvalue weighted by Crippen LogP contribution is 2.15. The van der Waals surface area contributed by atoms with E-state index in [0.717, 1.165) is 6.42 Å². The van der Waals surface area contributed by atoms with Crippen molar-refractivity contribution in [3.8, 4) is 0 Å². The molecule has 1 amide bonds. The van der Waals surface area contributed by atoms with E-state index in [4.69, 9.17) is 11.6 Å². The number of alkyl halides is 1. The van der Waals surface area contributed by atoms with Crippen molar-refractivity contribution in [2.24, 2.45) is 5.41 Å². The molecular weight excluding hydrogens is 270 g/mol. The smallest absolute Gasteiger partial charge is 0.220 e. The molecule has 3 heteroatoms. The molecule has 0 radical (unpaired) electrons. The van der Waals surface area contributed by atoms with Crippen molar-refractivity contribution in [1.82, 2.24) is 5.32 Å². The molecule has 2 nitrogen and oxygen atoms in total. The highest BCUT2D eigenvalue weighted by molar-refractivity contribution is 6.18. The number of rotatable bonds is 13. The minimum atomic E-state index is -0.00426. The molecule has 0 spiro atoms. The topological polar surface area (TPSA) is 29.1 Å². The van der Waals surface area contributed by atoms with Crippen molar-refractivity contribution >= 4 is 17.5 Å². The summed E-state index contributed by atoms with van der Waals surface area (Å²) in [5.74, 6) is 0.747. The van der Waals surface area contributed by atoms with Gasteiger partial charge in [0, 0.05) is 18.8 Å². The molecule has 0 aliphatic rings. The Balaban J connectivity index is 3.32. The van der Waals surface area contributed by atoms with E-state index in [0.29, 0.717) is 18.8 Å². The summed E-state index contributed by atoms with van der Waals surface area (Å²) in [6, 6.07) is 0. The van der Waals surface area contributed by atoms with Crippen molar-refractivity contribution in [2.45, 2.75) is 85.0 Å². The van der Waals surface area contributed by atoms with E-state index in [-0.39, 0.29) is 11.3 Å². The van der Waals surface area contributed by atoms with E-state index in [9.17, 15) is 4.79 Å². The number of carbonyl (C=O) groups excluding carboxylic acids is 1. The average Bonchev–Trinajstić information content (AvgIpc) is 2.43. The van der Waals surface area contributed by atoms with Crippen LogP contribution in [0.25, 0.3) is 0 Å². The van der Waals surface area contributed by atoms with E-state index >= 15 is 0 Å². The van der Waals surface area contributed by atoms with Gasteiger partial charge >= 0.3 is 0 Å². The predicted molar refractivity (Wildman–Crippen MR) is 89.4 cm³/mol. The Morgan fingerprint density at radius 1 is 0.950 bits per heavy atom. The lowest BCUT2D eigenvalue weighted by Crippen LogP contribution is -2.34. The molecule has 0 aromatic rings. The van der Waals surface area contributed by atoms with Crippen LogP contribution in [0.15, 0.2) is 0 Å². The van der Waals surface area contributed by atoms with Crippen LogP contribution in [-0.2, 0) is 4.79 Å². The summed E-state index contributed by atoms with van der Waals surface area (Å²) in [4.78, 5) is 11.7. The molecule has 1 N–H and O–H groups in total. The molecular formula is C17H34ClNO. The van der Waals surface area contributed by atoms with Gasteiger partial charge < -0.3 is 5.32 Å². The number of unbranched alkanes of at least 4 members (excludes halogenated alkanes) is 8. The molecule has 20 heavy (non-hydrogen) atoms. The van der Waals surface area contributed by atoms with Crippen LogP contribution >= 0.6 is 11.6 Å². The lowest BCUT2D eigenvalue weighted by Gasteiger charge is -2.21. The van der Waals surface area contributed by atoms with Gasteiger partial charge in [-0.15, -0.1) is 11.6 Å². The molecule has 0 bridgehead atoms. The minimum Gasteiger partial charge on any atom is -0.356 e. The third kappa shape index (κ3) is 12.8. The summed E-state index contributed by atoms with van der Waals surface area (Å²) in [6.07, 6.45) is 12.3. The van der Waals surface area contributed by atoms with E-state index < -0.39 is 0 Å². The molecule has 0 unspecified atom stereocenters. The van der Waals surface area contributed by atoms with Crippen molar-refractivity contribution in [3.05, 3.63) is 0 Å². The minimum absolute atomic E-state index is 0.00426. The summed E-state index contributed by atoms with van der Waals surface area (Å²) < 4.78 is 0. The third-order valence-electron chi connectivity index (χ3n) is 3.63. The standard InChI is InChI=1S/C17H34ClNO/c1-4-5-6-7-8-9-10-11-12-13-16(20)19-15-17(2,3)14-18/h4-15H2,1-3H3,(H,19,20). The van der Waals surface area contributed by atoms with Gasteiger partial charge in [0.15, 0.2) is 0 Å². The fraction of sp³-hybridized carbons (Fsp3) is 0.941. The van der Waals surface area contributed by atoms with Crippen molar-refractivity contribution in [2.75, 3.05) is 12.4 Å². The maximum atomic E-state index is 11.7. The lowest BCUT2D eigenvalue weighted by molar-refractivity contribution is -0.121. The largest absolute Gasteiger partial charge is 0.356 e. The molecule has 0 rings (SSSR count). The van der Waals surface area contributed by atoms with Gasteiger partial charge in [-0.1, -0.05) is 72.1 Å². The van der Waals surface area contributed by atoms with Gasteiger partial charge in [0.05, 0.1) is 0 Å². The van der Waals surface area contributed by atoms with Gasteiger partial charge in [0.1, 0.15) is 0 Å². The highest BCUT2D eigenvalue weighted by Gasteiger charge is 2.16. The number of hydrogen-bond donors (Lipinski definition) is 1. The zero-order chi connectivity index (χ0) is 15.3. The fourth-order valence-electron chi connectivity index (χ4n) is 2.07. The zero-order valence-electron chi connectivity index (χ0n) is 13.8. The highest BCUT2D eigenvalue weighted by atomic mass is 35.5.